The normalized spacial score (nSPS) is 17.4. The van der Waals surface area contributed by atoms with Crippen LogP contribution in [0.3, 0.4) is 0 Å². The zero-order valence-electron chi connectivity index (χ0n) is 18.0. The van der Waals surface area contributed by atoms with Crippen molar-refractivity contribution in [2.75, 3.05) is 29.9 Å². The predicted octanol–water partition coefficient (Wildman–Crippen LogP) is 5.12. The van der Waals surface area contributed by atoms with Crippen molar-refractivity contribution < 1.29 is 14.4 Å². The van der Waals surface area contributed by atoms with Gasteiger partial charge >= 0.3 is 0 Å². The summed E-state index contributed by atoms with van der Waals surface area (Å²) < 4.78 is 0. The average molecular weight is 458 g/mol. The number of carbonyl (C=O) groups excluding carboxylic acids is 3. The molecular weight excluding hydrogens is 434 g/mol. The molecule has 166 valence electrons. The Bertz CT molecular complexity index is 1260. The van der Waals surface area contributed by atoms with E-state index in [-0.39, 0.29) is 6.54 Å². The highest BCUT2D eigenvalue weighted by Crippen LogP contribution is 2.33. The molecule has 3 amide bonds. The maximum atomic E-state index is 12.8. The molecule has 2 fully saturated rings. The monoisotopic (exact) mass is 457 g/mol. The zero-order chi connectivity index (χ0) is 22.8. The van der Waals surface area contributed by atoms with Crippen molar-refractivity contribution in [1.82, 2.24) is 4.90 Å². The van der Waals surface area contributed by atoms with Crippen molar-refractivity contribution in [3.63, 3.8) is 0 Å². The van der Waals surface area contributed by atoms with Gasteiger partial charge in [-0.2, -0.15) is 0 Å². The van der Waals surface area contributed by atoms with Gasteiger partial charge in [0.1, 0.15) is 6.54 Å². The van der Waals surface area contributed by atoms with Gasteiger partial charge in [0.15, 0.2) is 0 Å². The van der Waals surface area contributed by atoms with E-state index in [4.69, 9.17) is 0 Å². The minimum Gasteiger partial charge on any atom is -0.372 e. The highest BCUT2D eigenvalue weighted by atomic mass is 32.2. The molecule has 0 unspecified atom stereocenters. The lowest BCUT2D eigenvalue weighted by molar-refractivity contribution is -0.127. The third-order valence-corrected chi connectivity index (χ3v) is 6.81. The van der Waals surface area contributed by atoms with Crippen LogP contribution in [-0.4, -0.2) is 41.6 Å². The summed E-state index contributed by atoms with van der Waals surface area (Å²) in [5, 5.41) is 4.30. The number of amides is 3. The lowest BCUT2D eigenvalue weighted by Gasteiger charge is -2.17. The molecule has 0 bridgehead atoms. The van der Waals surface area contributed by atoms with E-state index in [1.54, 1.807) is 12.1 Å². The fourth-order valence-electron chi connectivity index (χ4n) is 4.21. The van der Waals surface area contributed by atoms with Gasteiger partial charge in [0, 0.05) is 29.9 Å². The molecule has 2 aliphatic rings. The maximum Gasteiger partial charge on any atom is 0.294 e. The van der Waals surface area contributed by atoms with Gasteiger partial charge in [-0.1, -0.05) is 48.5 Å². The lowest BCUT2D eigenvalue weighted by Crippen LogP contribution is -2.36. The van der Waals surface area contributed by atoms with E-state index in [1.165, 1.54) is 18.5 Å². The van der Waals surface area contributed by atoms with Gasteiger partial charge in [-0.15, -0.1) is 0 Å². The standard InChI is InChI=1S/C26H23N3O3S/c30-24(27-22-9-5-7-19-6-1-2-8-21(19)22)17-29-25(31)23(33-26(29)32)16-18-10-12-20(13-11-18)28-14-3-4-15-28/h1-2,5-13,16H,3-4,14-15,17H2,(H,27,30)/b23-16+. The Morgan fingerprint density at radius 2 is 1.67 bits per heavy atom. The number of fused-ring (bicyclic) bond motifs is 1. The number of anilines is 2. The molecule has 0 atom stereocenters. The van der Waals surface area contributed by atoms with Gasteiger partial charge in [-0.3, -0.25) is 19.3 Å². The number of thioether (sulfide) groups is 1. The van der Waals surface area contributed by atoms with Gasteiger partial charge in [0.25, 0.3) is 11.1 Å². The van der Waals surface area contributed by atoms with Crippen molar-refractivity contribution in [2.24, 2.45) is 0 Å². The fraction of sp³-hybridized carbons (Fsp3) is 0.192. The van der Waals surface area contributed by atoms with Gasteiger partial charge in [0.2, 0.25) is 5.91 Å². The molecular formula is C26H23N3O3S. The number of nitrogens with one attached hydrogen (secondary N) is 1. The average Bonchev–Trinajstić information content (AvgIpc) is 3.45. The largest absolute Gasteiger partial charge is 0.372 e. The minimum absolute atomic E-state index is 0.320. The second-order valence-corrected chi connectivity index (χ2v) is 9.12. The molecule has 33 heavy (non-hydrogen) atoms. The predicted molar refractivity (Wildman–Crippen MR) is 133 cm³/mol. The first-order valence-electron chi connectivity index (χ1n) is 11.0. The number of nitrogens with zero attached hydrogens (tertiary/aromatic N) is 2. The summed E-state index contributed by atoms with van der Waals surface area (Å²) in [7, 11) is 0. The van der Waals surface area contributed by atoms with Crippen LogP contribution in [0.25, 0.3) is 16.8 Å². The van der Waals surface area contributed by atoms with Gasteiger partial charge in [-0.25, -0.2) is 0 Å². The number of hydrogen-bond acceptors (Lipinski definition) is 5. The zero-order valence-corrected chi connectivity index (χ0v) is 18.8. The van der Waals surface area contributed by atoms with Crippen LogP contribution >= 0.6 is 11.8 Å². The van der Waals surface area contributed by atoms with Crippen LogP contribution in [0.4, 0.5) is 16.2 Å². The highest BCUT2D eigenvalue weighted by molar-refractivity contribution is 8.18. The summed E-state index contributed by atoms with van der Waals surface area (Å²) in [5.74, 6) is -0.855. The van der Waals surface area contributed by atoms with Crippen LogP contribution in [0.5, 0.6) is 0 Å². The summed E-state index contributed by atoms with van der Waals surface area (Å²) in [4.78, 5) is 41.6. The van der Waals surface area contributed by atoms with E-state index in [9.17, 15) is 14.4 Å². The van der Waals surface area contributed by atoms with Crippen LogP contribution in [0.2, 0.25) is 0 Å². The molecule has 0 radical (unpaired) electrons. The fourth-order valence-corrected chi connectivity index (χ4v) is 5.05. The molecule has 3 aromatic carbocycles. The first-order chi connectivity index (χ1) is 16.1. The Labute approximate surface area is 196 Å². The minimum atomic E-state index is -0.443. The summed E-state index contributed by atoms with van der Waals surface area (Å²) in [6.07, 6.45) is 4.13. The molecule has 7 heteroatoms. The summed E-state index contributed by atoms with van der Waals surface area (Å²) in [6.45, 7) is 1.82. The Kier molecular flexibility index (Phi) is 5.88. The molecule has 2 heterocycles. The van der Waals surface area contributed by atoms with Crippen molar-refractivity contribution in [3.05, 3.63) is 77.2 Å². The Morgan fingerprint density at radius 1 is 0.939 bits per heavy atom. The molecule has 5 rings (SSSR count). The third kappa shape index (κ3) is 4.50. The molecule has 2 saturated heterocycles. The lowest BCUT2D eigenvalue weighted by atomic mass is 10.1. The summed E-state index contributed by atoms with van der Waals surface area (Å²) >= 11 is 0.865. The second-order valence-electron chi connectivity index (χ2n) is 8.13. The Balaban J connectivity index is 1.26. The van der Waals surface area contributed by atoms with Crippen molar-refractivity contribution in [2.45, 2.75) is 12.8 Å². The van der Waals surface area contributed by atoms with Gasteiger partial charge < -0.3 is 10.2 Å². The van der Waals surface area contributed by atoms with Crippen molar-refractivity contribution in [3.8, 4) is 0 Å². The van der Waals surface area contributed by atoms with E-state index in [1.807, 2.05) is 60.7 Å². The molecule has 3 aromatic rings. The molecule has 1 N–H and O–H groups in total. The number of rotatable bonds is 5. The maximum absolute atomic E-state index is 12.8. The second kappa shape index (κ2) is 9.11. The summed E-state index contributed by atoms with van der Waals surface area (Å²) in [5.41, 5.74) is 2.67. The van der Waals surface area contributed by atoms with Crippen LogP contribution in [0.1, 0.15) is 18.4 Å². The van der Waals surface area contributed by atoms with E-state index >= 15 is 0 Å². The van der Waals surface area contributed by atoms with E-state index in [2.05, 4.69) is 10.2 Å². The quantitative estimate of drug-likeness (QED) is 0.539. The number of benzene rings is 3. The van der Waals surface area contributed by atoms with E-state index in [0.717, 1.165) is 46.1 Å². The number of hydrogen-bond donors (Lipinski definition) is 1. The van der Waals surface area contributed by atoms with Crippen LogP contribution in [0.15, 0.2) is 71.6 Å². The van der Waals surface area contributed by atoms with Gasteiger partial charge in [0.05, 0.1) is 4.91 Å². The molecule has 0 aliphatic carbocycles. The Hall–Kier alpha value is -3.58. The molecule has 6 nitrogen and oxygen atoms in total. The SMILES string of the molecule is O=C(CN1C(=O)S/C(=C/c2ccc(N3CCCC3)cc2)C1=O)Nc1cccc2ccccc12. The Morgan fingerprint density at radius 3 is 2.45 bits per heavy atom. The van der Waals surface area contributed by atoms with Crippen molar-refractivity contribution in [1.29, 1.82) is 0 Å². The van der Waals surface area contributed by atoms with Crippen LogP contribution < -0.4 is 10.2 Å². The number of carbonyl (C=O) groups is 3. The third-order valence-electron chi connectivity index (χ3n) is 5.90. The molecule has 0 saturated carbocycles. The highest BCUT2D eigenvalue weighted by Gasteiger charge is 2.36. The van der Waals surface area contributed by atoms with E-state index < -0.39 is 17.1 Å². The first kappa shape index (κ1) is 21.3. The topological polar surface area (TPSA) is 69.7 Å². The number of imide groups is 1. The molecule has 0 spiro atoms. The summed E-state index contributed by atoms with van der Waals surface area (Å²) in [6, 6.07) is 21.3. The smallest absolute Gasteiger partial charge is 0.294 e. The van der Waals surface area contributed by atoms with E-state index in [0.29, 0.717) is 10.6 Å². The molecule has 2 aliphatic heterocycles. The van der Waals surface area contributed by atoms with Gasteiger partial charge in [-0.05, 0) is 59.8 Å². The molecule has 0 aromatic heterocycles. The first-order valence-corrected chi connectivity index (χ1v) is 11.8. The van der Waals surface area contributed by atoms with Crippen molar-refractivity contribution >= 4 is 57.0 Å². The van der Waals surface area contributed by atoms with Crippen LogP contribution in [0, 0.1) is 0 Å². The van der Waals surface area contributed by atoms with Crippen LogP contribution in [-0.2, 0) is 9.59 Å².